The summed E-state index contributed by atoms with van der Waals surface area (Å²) in [7, 11) is -3.73. The van der Waals surface area contributed by atoms with Crippen molar-refractivity contribution in [2.45, 2.75) is 31.1 Å². The monoisotopic (exact) mass is 423 g/mol. The zero-order valence-corrected chi connectivity index (χ0v) is 18.4. The summed E-state index contributed by atoms with van der Waals surface area (Å²) in [6.07, 6.45) is 1.07. The molecule has 5 nitrogen and oxygen atoms in total. The van der Waals surface area contributed by atoms with Crippen LogP contribution in [0.5, 0.6) is 0 Å². The average Bonchev–Trinajstić information content (AvgIpc) is 3.02. The standard InChI is InChI=1S/C24H29N3O2S/c1-18(2)19-8-5-6-11-22(19)26-30(28,29)24-13-12-23(20-9-3-4-10-21(20)24)27-16-7-14-25-15-17-27/h3-6,8-13,18,25-26H,7,14-17H2,1-2H3. The van der Waals surface area contributed by atoms with Gasteiger partial charge in [0.15, 0.2) is 0 Å². The maximum Gasteiger partial charge on any atom is 0.262 e. The quantitative estimate of drug-likeness (QED) is 0.631. The van der Waals surface area contributed by atoms with Gasteiger partial charge in [-0.2, -0.15) is 0 Å². The fraction of sp³-hybridized carbons (Fsp3) is 0.333. The van der Waals surface area contributed by atoms with Crippen molar-refractivity contribution < 1.29 is 8.42 Å². The van der Waals surface area contributed by atoms with Crippen LogP contribution in [0, 0.1) is 0 Å². The Balaban J connectivity index is 1.77. The van der Waals surface area contributed by atoms with Crippen molar-refractivity contribution in [1.29, 1.82) is 0 Å². The maximum atomic E-state index is 13.4. The molecule has 0 bridgehead atoms. The molecule has 1 aliphatic rings. The van der Waals surface area contributed by atoms with Gasteiger partial charge in [-0.25, -0.2) is 8.42 Å². The minimum Gasteiger partial charge on any atom is -0.370 e. The van der Waals surface area contributed by atoms with E-state index in [4.69, 9.17) is 0 Å². The minimum absolute atomic E-state index is 0.222. The molecular formula is C24H29N3O2S. The number of para-hydroxylation sites is 1. The zero-order valence-electron chi connectivity index (χ0n) is 17.6. The molecule has 4 rings (SSSR count). The molecule has 1 saturated heterocycles. The molecule has 3 aromatic carbocycles. The summed E-state index contributed by atoms with van der Waals surface area (Å²) in [6.45, 7) is 7.95. The number of benzene rings is 3. The van der Waals surface area contributed by atoms with Crippen LogP contribution in [-0.4, -0.2) is 34.6 Å². The molecule has 0 aliphatic carbocycles. The third-order valence-electron chi connectivity index (χ3n) is 5.66. The van der Waals surface area contributed by atoms with Gasteiger partial charge in [-0.3, -0.25) is 4.72 Å². The molecule has 0 aromatic heterocycles. The van der Waals surface area contributed by atoms with Crippen molar-refractivity contribution in [3.63, 3.8) is 0 Å². The predicted octanol–water partition coefficient (Wildman–Crippen LogP) is 4.56. The Labute approximate surface area is 179 Å². The van der Waals surface area contributed by atoms with Crippen molar-refractivity contribution in [3.8, 4) is 0 Å². The lowest BCUT2D eigenvalue weighted by molar-refractivity contribution is 0.602. The zero-order chi connectivity index (χ0) is 21.1. The third kappa shape index (κ3) is 4.16. The van der Waals surface area contributed by atoms with E-state index in [9.17, 15) is 8.42 Å². The van der Waals surface area contributed by atoms with Crippen molar-refractivity contribution in [2.75, 3.05) is 35.8 Å². The normalized spacial score (nSPS) is 15.4. The Morgan fingerprint density at radius 1 is 0.900 bits per heavy atom. The first-order chi connectivity index (χ1) is 14.5. The van der Waals surface area contributed by atoms with Crippen LogP contribution in [0.4, 0.5) is 11.4 Å². The molecule has 1 fully saturated rings. The molecular weight excluding hydrogens is 394 g/mol. The highest BCUT2D eigenvalue weighted by atomic mass is 32.2. The van der Waals surface area contributed by atoms with E-state index in [2.05, 4.69) is 28.8 Å². The van der Waals surface area contributed by atoms with E-state index in [0.717, 1.165) is 54.6 Å². The molecule has 0 atom stereocenters. The summed E-state index contributed by atoms with van der Waals surface area (Å²) in [4.78, 5) is 2.66. The van der Waals surface area contributed by atoms with Gasteiger partial charge in [0.2, 0.25) is 0 Å². The molecule has 30 heavy (non-hydrogen) atoms. The van der Waals surface area contributed by atoms with E-state index in [1.165, 1.54) is 0 Å². The van der Waals surface area contributed by atoms with Crippen LogP contribution in [0.2, 0.25) is 0 Å². The molecule has 3 aromatic rings. The van der Waals surface area contributed by atoms with Gasteiger partial charge in [0, 0.05) is 36.1 Å². The lowest BCUT2D eigenvalue weighted by atomic mass is 10.0. The van der Waals surface area contributed by atoms with Crippen molar-refractivity contribution in [2.24, 2.45) is 0 Å². The van der Waals surface area contributed by atoms with E-state index in [-0.39, 0.29) is 5.92 Å². The second-order valence-electron chi connectivity index (χ2n) is 8.07. The summed E-state index contributed by atoms with van der Waals surface area (Å²) in [5.74, 6) is 0.222. The Morgan fingerprint density at radius 3 is 2.43 bits per heavy atom. The molecule has 158 valence electrons. The number of nitrogens with zero attached hydrogens (tertiary/aromatic N) is 1. The van der Waals surface area contributed by atoms with E-state index < -0.39 is 10.0 Å². The maximum absolute atomic E-state index is 13.4. The number of rotatable bonds is 5. The number of nitrogens with one attached hydrogen (secondary N) is 2. The van der Waals surface area contributed by atoms with Crippen LogP contribution in [0.15, 0.2) is 65.6 Å². The predicted molar refractivity (Wildman–Crippen MR) is 125 cm³/mol. The van der Waals surface area contributed by atoms with Gasteiger partial charge in [0.05, 0.1) is 10.6 Å². The first-order valence-electron chi connectivity index (χ1n) is 10.6. The van der Waals surface area contributed by atoms with Gasteiger partial charge in [-0.05, 0) is 42.6 Å². The Bertz CT molecular complexity index is 1130. The Hall–Kier alpha value is -2.57. The van der Waals surface area contributed by atoms with Crippen LogP contribution in [0.1, 0.15) is 31.7 Å². The highest BCUT2D eigenvalue weighted by Crippen LogP contribution is 2.34. The second kappa shape index (κ2) is 8.66. The Morgan fingerprint density at radius 2 is 1.63 bits per heavy atom. The van der Waals surface area contributed by atoms with Crippen molar-refractivity contribution >= 4 is 32.2 Å². The molecule has 1 heterocycles. The molecule has 0 unspecified atom stereocenters. The lowest BCUT2D eigenvalue weighted by Crippen LogP contribution is -2.28. The van der Waals surface area contributed by atoms with E-state index in [0.29, 0.717) is 10.6 Å². The van der Waals surface area contributed by atoms with Crippen LogP contribution in [0.25, 0.3) is 10.8 Å². The number of sulfonamides is 1. The number of hydrogen-bond acceptors (Lipinski definition) is 4. The van der Waals surface area contributed by atoms with Crippen LogP contribution in [-0.2, 0) is 10.0 Å². The molecule has 0 radical (unpaired) electrons. The Kier molecular flexibility index (Phi) is 5.97. The van der Waals surface area contributed by atoms with Gasteiger partial charge in [0.1, 0.15) is 0 Å². The molecule has 6 heteroatoms. The summed E-state index contributed by atoms with van der Waals surface area (Å²) < 4.78 is 29.6. The molecule has 0 saturated carbocycles. The first kappa shape index (κ1) is 20.7. The highest BCUT2D eigenvalue weighted by Gasteiger charge is 2.22. The van der Waals surface area contributed by atoms with Gasteiger partial charge >= 0.3 is 0 Å². The van der Waals surface area contributed by atoms with Gasteiger partial charge in [0.25, 0.3) is 10.0 Å². The van der Waals surface area contributed by atoms with Crippen LogP contribution < -0.4 is 14.9 Å². The SMILES string of the molecule is CC(C)c1ccccc1NS(=O)(=O)c1ccc(N2CCCNCC2)c2ccccc12. The number of anilines is 2. The molecule has 2 N–H and O–H groups in total. The third-order valence-corrected chi connectivity index (χ3v) is 7.08. The fourth-order valence-corrected chi connectivity index (χ4v) is 5.45. The van der Waals surface area contributed by atoms with Crippen molar-refractivity contribution in [3.05, 3.63) is 66.2 Å². The molecule has 0 spiro atoms. The summed E-state index contributed by atoms with van der Waals surface area (Å²) in [6, 6.07) is 19.1. The van der Waals surface area contributed by atoms with Gasteiger partial charge in [-0.1, -0.05) is 56.3 Å². The van der Waals surface area contributed by atoms with Gasteiger partial charge < -0.3 is 10.2 Å². The second-order valence-corrected chi connectivity index (χ2v) is 9.72. The van der Waals surface area contributed by atoms with E-state index >= 15 is 0 Å². The van der Waals surface area contributed by atoms with Crippen molar-refractivity contribution in [1.82, 2.24) is 5.32 Å². The largest absolute Gasteiger partial charge is 0.370 e. The van der Waals surface area contributed by atoms with E-state index in [1.54, 1.807) is 6.07 Å². The van der Waals surface area contributed by atoms with Crippen LogP contribution in [0.3, 0.4) is 0 Å². The first-order valence-corrected chi connectivity index (χ1v) is 12.0. The fourth-order valence-electron chi connectivity index (χ4n) is 4.15. The van der Waals surface area contributed by atoms with Crippen LogP contribution >= 0.6 is 0 Å². The summed E-state index contributed by atoms with van der Waals surface area (Å²) in [5, 5.41) is 5.15. The highest BCUT2D eigenvalue weighted by molar-refractivity contribution is 7.93. The average molecular weight is 424 g/mol. The summed E-state index contributed by atoms with van der Waals surface area (Å²) in [5.41, 5.74) is 2.72. The number of fused-ring (bicyclic) bond motifs is 1. The smallest absolute Gasteiger partial charge is 0.262 e. The lowest BCUT2D eigenvalue weighted by Gasteiger charge is -2.25. The number of hydrogen-bond donors (Lipinski definition) is 2. The topological polar surface area (TPSA) is 61.4 Å². The van der Waals surface area contributed by atoms with E-state index in [1.807, 2.05) is 54.6 Å². The van der Waals surface area contributed by atoms with Gasteiger partial charge in [-0.15, -0.1) is 0 Å². The molecule has 1 aliphatic heterocycles. The minimum atomic E-state index is -3.73. The molecule has 0 amide bonds. The summed E-state index contributed by atoms with van der Waals surface area (Å²) >= 11 is 0.